The molecule has 0 spiro atoms. The van der Waals surface area contributed by atoms with Crippen molar-refractivity contribution in [3.8, 4) is 11.5 Å². The van der Waals surface area contributed by atoms with Gasteiger partial charge in [-0.15, -0.1) is 10.2 Å². The molecule has 0 aliphatic rings. The molecule has 20 heavy (non-hydrogen) atoms. The average molecular weight is 288 g/mol. The van der Waals surface area contributed by atoms with Gasteiger partial charge in [0.2, 0.25) is 11.8 Å². The molecule has 0 amide bonds. The largest absolute Gasteiger partial charge is 0.468 e. The van der Waals surface area contributed by atoms with E-state index in [1.54, 1.807) is 13.0 Å². The number of aryl methyl sites for hydroxylation is 1. The third-order valence-electron chi connectivity index (χ3n) is 2.80. The minimum Gasteiger partial charge on any atom is -0.468 e. The van der Waals surface area contributed by atoms with Gasteiger partial charge in [-0.1, -0.05) is 18.2 Å². The summed E-state index contributed by atoms with van der Waals surface area (Å²) in [5, 5.41) is 7.90. The lowest BCUT2D eigenvalue weighted by Crippen LogP contribution is -1.96. The molecular weight excluding hydrogens is 276 g/mol. The molecule has 0 fully saturated rings. The van der Waals surface area contributed by atoms with E-state index in [-0.39, 0.29) is 5.75 Å². The molecule has 0 radical (unpaired) electrons. The van der Waals surface area contributed by atoms with Crippen molar-refractivity contribution in [1.82, 2.24) is 10.2 Å². The monoisotopic (exact) mass is 288 g/mol. The molecule has 5 nitrogen and oxygen atoms in total. The molecule has 6 heteroatoms. The number of aromatic nitrogens is 2. The number of hydrogen-bond donors (Lipinski definition) is 0. The smallest absolute Gasteiger partial charge is 0.247 e. The van der Waals surface area contributed by atoms with Gasteiger partial charge in [0.25, 0.3) is 0 Å². The molecule has 102 valence electrons. The molecule has 2 heterocycles. The Morgan fingerprint density at radius 1 is 1.15 bits per heavy atom. The number of nitrogens with zero attached hydrogens (tertiary/aromatic N) is 2. The van der Waals surface area contributed by atoms with Gasteiger partial charge in [-0.25, -0.2) is 0 Å². The molecule has 0 saturated heterocycles. The third-order valence-corrected chi connectivity index (χ3v) is 4.22. The van der Waals surface area contributed by atoms with E-state index in [0.717, 1.165) is 5.56 Å². The minimum absolute atomic E-state index is 0.181. The summed E-state index contributed by atoms with van der Waals surface area (Å²) in [4.78, 5) is 0.657. The zero-order valence-corrected chi connectivity index (χ0v) is 11.6. The first-order valence-electron chi connectivity index (χ1n) is 6.04. The summed E-state index contributed by atoms with van der Waals surface area (Å²) in [5.74, 6) is 1.61. The second kappa shape index (κ2) is 5.42. The summed E-state index contributed by atoms with van der Waals surface area (Å²) >= 11 is 0. The van der Waals surface area contributed by atoms with Gasteiger partial charge in [0.1, 0.15) is 11.5 Å². The van der Waals surface area contributed by atoms with E-state index in [1.807, 2.05) is 30.3 Å². The van der Waals surface area contributed by atoms with Crippen LogP contribution in [0.3, 0.4) is 0 Å². The molecule has 1 aromatic carbocycles. The van der Waals surface area contributed by atoms with Crippen LogP contribution >= 0.6 is 0 Å². The normalized spacial score (nSPS) is 12.4. The molecule has 0 aliphatic heterocycles. The van der Waals surface area contributed by atoms with Crippen molar-refractivity contribution in [2.45, 2.75) is 17.6 Å². The van der Waals surface area contributed by atoms with Crippen LogP contribution < -0.4 is 0 Å². The van der Waals surface area contributed by atoms with Crippen molar-refractivity contribution in [1.29, 1.82) is 0 Å². The van der Waals surface area contributed by atoms with E-state index in [1.165, 1.54) is 6.26 Å². The van der Waals surface area contributed by atoms with Gasteiger partial charge < -0.3 is 8.83 Å². The van der Waals surface area contributed by atoms with Crippen LogP contribution in [0.15, 0.2) is 56.4 Å². The van der Waals surface area contributed by atoms with Crippen molar-refractivity contribution in [3.05, 3.63) is 54.3 Å². The van der Waals surface area contributed by atoms with Gasteiger partial charge in [0, 0.05) is 5.56 Å². The standard InChI is InChI=1S/C14H12N2O3S/c1-10-12(7-8-18-10)20(17)9-13-15-16-14(19-13)11-5-3-2-4-6-11/h2-8H,9H2,1H3. The Balaban J connectivity index is 1.78. The maximum Gasteiger partial charge on any atom is 0.247 e. The maximum atomic E-state index is 12.2. The van der Waals surface area contributed by atoms with E-state index in [4.69, 9.17) is 8.83 Å². The molecule has 2 aromatic heterocycles. The first-order chi connectivity index (χ1) is 9.74. The summed E-state index contributed by atoms with van der Waals surface area (Å²) in [6.45, 7) is 1.77. The van der Waals surface area contributed by atoms with E-state index in [9.17, 15) is 4.21 Å². The number of furan rings is 1. The Labute approximate surface area is 118 Å². The maximum absolute atomic E-state index is 12.2. The molecular formula is C14H12N2O3S. The Morgan fingerprint density at radius 3 is 2.65 bits per heavy atom. The summed E-state index contributed by atoms with van der Waals surface area (Å²) in [6.07, 6.45) is 1.52. The Bertz CT molecular complexity index is 734. The highest BCUT2D eigenvalue weighted by Gasteiger charge is 2.15. The molecule has 0 saturated carbocycles. The summed E-state index contributed by atoms with van der Waals surface area (Å²) in [5.41, 5.74) is 0.844. The average Bonchev–Trinajstić information content (AvgIpc) is 3.09. The lowest BCUT2D eigenvalue weighted by Gasteiger charge is -1.96. The van der Waals surface area contributed by atoms with Gasteiger partial charge in [-0.05, 0) is 25.1 Å². The van der Waals surface area contributed by atoms with Crippen molar-refractivity contribution < 1.29 is 13.0 Å². The van der Waals surface area contributed by atoms with E-state index in [0.29, 0.717) is 22.4 Å². The summed E-state index contributed by atoms with van der Waals surface area (Å²) < 4.78 is 22.8. The summed E-state index contributed by atoms with van der Waals surface area (Å²) in [7, 11) is -1.25. The fourth-order valence-corrected chi connectivity index (χ4v) is 2.88. The molecule has 3 aromatic rings. The van der Waals surface area contributed by atoms with E-state index < -0.39 is 10.8 Å². The Kier molecular flexibility index (Phi) is 3.47. The van der Waals surface area contributed by atoms with Crippen molar-refractivity contribution in [2.75, 3.05) is 0 Å². The lowest BCUT2D eigenvalue weighted by molar-refractivity contribution is 0.521. The first kappa shape index (κ1) is 12.8. The second-order valence-electron chi connectivity index (χ2n) is 4.20. The zero-order chi connectivity index (χ0) is 13.9. The van der Waals surface area contributed by atoms with E-state index in [2.05, 4.69) is 10.2 Å². The van der Waals surface area contributed by atoms with Crippen LogP contribution in [0.2, 0.25) is 0 Å². The predicted molar refractivity (Wildman–Crippen MR) is 73.3 cm³/mol. The Hall–Kier alpha value is -2.21. The molecule has 1 unspecified atom stereocenters. The van der Waals surface area contributed by atoms with Gasteiger partial charge in [-0.3, -0.25) is 4.21 Å². The summed E-state index contributed by atoms with van der Waals surface area (Å²) in [6, 6.07) is 11.2. The molecule has 1 atom stereocenters. The molecule has 3 rings (SSSR count). The van der Waals surface area contributed by atoms with Crippen LogP contribution in [0.25, 0.3) is 11.5 Å². The first-order valence-corrected chi connectivity index (χ1v) is 7.36. The topological polar surface area (TPSA) is 69.1 Å². The molecule has 0 N–H and O–H groups in total. The number of rotatable bonds is 4. The van der Waals surface area contributed by atoms with Crippen LogP contribution in [-0.2, 0) is 16.6 Å². The predicted octanol–water partition coefficient (Wildman–Crippen LogP) is 2.95. The van der Waals surface area contributed by atoms with Crippen LogP contribution in [0.5, 0.6) is 0 Å². The van der Waals surface area contributed by atoms with Gasteiger partial charge in [0.15, 0.2) is 0 Å². The van der Waals surface area contributed by atoms with Crippen LogP contribution in [0.4, 0.5) is 0 Å². The van der Waals surface area contributed by atoms with Crippen molar-refractivity contribution in [3.63, 3.8) is 0 Å². The quantitative estimate of drug-likeness (QED) is 0.738. The molecule has 0 bridgehead atoms. The zero-order valence-electron chi connectivity index (χ0n) is 10.8. The highest BCUT2D eigenvalue weighted by Crippen LogP contribution is 2.20. The third kappa shape index (κ3) is 2.55. The van der Waals surface area contributed by atoms with Crippen LogP contribution in [0, 0.1) is 6.92 Å². The number of benzene rings is 1. The SMILES string of the molecule is Cc1occc1S(=O)Cc1nnc(-c2ccccc2)o1. The number of hydrogen-bond acceptors (Lipinski definition) is 5. The van der Waals surface area contributed by atoms with E-state index >= 15 is 0 Å². The highest BCUT2D eigenvalue weighted by atomic mass is 32.2. The van der Waals surface area contributed by atoms with Gasteiger partial charge >= 0.3 is 0 Å². The molecule has 0 aliphatic carbocycles. The van der Waals surface area contributed by atoms with Crippen molar-refractivity contribution >= 4 is 10.8 Å². The lowest BCUT2D eigenvalue weighted by atomic mass is 10.2. The van der Waals surface area contributed by atoms with Gasteiger partial charge in [0.05, 0.1) is 22.0 Å². The van der Waals surface area contributed by atoms with Crippen LogP contribution in [0.1, 0.15) is 11.7 Å². The Morgan fingerprint density at radius 2 is 1.95 bits per heavy atom. The minimum atomic E-state index is -1.25. The fraction of sp³-hybridized carbons (Fsp3) is 0.143. The fourth-order valence-electron chi connectivity index (χ4n) is 1.81. The van der Waals surface area contributed by atoms with Crippen molar-refractivity contribution in [2.24, 2.45) is 0 Å². The van der Waals surface area contributed by atoms with Gasteiger partial charge in [-0.2, -0.15) is 0 Å². The highest BCUT2D eigenvalue weighted by molar-refractivity contribution is 7.84. The van der Waals surface area contributed by atoms with Crippen LogP contribution in [-0.4, -0.2) is 14.4 Å². The second-order valence-corrected chi connectivity index (χ2v) is 5.62.